The van der Waals surface area contributed by atoms with Crippen molar-refractivity contribution in [2.45, 2.75) is 19.8 Å². The van der Waals surface area contributed by atoms with Crippen molar-refractivity contribution in [2.75, 3.05) is 11.4 Å². The van der Waals surface area contributed by atoms with Crippen LogP contribution < -0.4 is 10.6 Å². The number of primary amides is 1. The monoisotopic (exact) mass is 269 g/mol. The lowest BCUT2D eigenvalue weighted by molar-refractivity contribution is -0.115. The summed E-state index contributed by atoms with van der Waals surface area (Å²) in [5.74, 6) is -1.20. The largest absolute Gasteiger partial charge is 0.365 e. The average Bonchev–Trinajstić information content (AvgIpc) is 2.71. The van der Waals surface area contributed by atoms with E-state index in [1.807, 2.05) is 19.1 Å². The second-order valence-corrected chi connectivity index (χ2v) is 4.55. The molecule has 1 aliphatic rings. The molecule has 0 saturated carbocycles. The molecule has 0 aromatic heterocycles. The first-order valence-corrected chi connectivity index (χ1v) is 6.47. The molecule has 0 radical (unpaired) electrons. The molecule has 0 aliphatic carbocycles. The zero-order valence-electron chi connectivity index (χ0n) is 11.2. The molecule has 0 fully saturated rings. The van der Waals surface area contributed by atoms with Gasteiger partial charge in [-0.15, -0.1) is 0 Å². The van der Waals surface area contributed by atoms with Crippen LogP contribution in [0.2, 0.25) is 0 Å². The number of para-hydroxylation sites is 1. The quantitative estimate of drug-likeness (QED) is 0.665. The predicted octanol–water partition coefficient (Wildman–Crippen LogP) is 1.60. The molecule has 1 aliphatic heterocycles. The first-order chi connectivity index (χ1) is 9.61. The number of carbonyl (C=O) groups is 2. The Balaban J connectivity index is 2.60. The van der Waals surface area contributed by atoms with E-state index in [0.29, 0.717) is 12.1 Å². The van der Waals surface area contributed by atoms with Crippen molar-refractivity contribution in [2.24, 2.45) is 5.73 Å². The van der Waals surface area contributed by atoms with Gasteiger partial charge in [0.25, 0.3) is 11.8 Å². The minimum atomic E-state index is -0.872. The van der Waals surface area contributed by atoms with Gasteiger partial charge < -0.3 is 10.6 Å². The highest BCUT2D eigenvalue weighted by Crippen LogP contribution is 2.38. The molecule has 2 amide bonds. The van der Waals surface area contributed by atoms with E-state index in [4.69, 9.17) is 11.0 Å². The van der Waals surface area contributed by atoms with Gasteiger partial charge in [0.2, 0.25) is 0 Å². The number of hydrogen-bond acceptors (Lipinski definition) is 3. The summed E-state index contributed by atoms with van der Waals surface area (Å²) in [6.07, 6.45) is 1.80. The molecule has 0 unspecified atom stereocenters. The number of hydrogen-bond donors (Lipinski definition) is 1. The third kappa shape index (κ3) is 2.16. The van der Waals surface area contributed by atoms with Gasteiger partial charge in [0, 0.05) is 12.1 Å². The molecule has 0 bridgehead atoms. The zero-order chi connectivity index (χ0) is 14.7. The van der Waals surface area contributed by atoms with E-state index in [1.165, 1.54) is 0 Å². The molecule has 2 rings (SSSR count). The van der Waals surface area contributed by atoms with Gasteiger partial charge in [-0.05, 0) is 12.5 Å². The fraction of sp³-hybridized carbons (Fsp3) is 0.267. The van der Waals surface area contributed by atoms with Crippen molar-refractivity contribution in [3.8, 4) is 6.07 Å². The minimum absolute atomic E-state index is 0.117. The maximum atomic E-state index is 12.5. The second kappa shape index (κ2) is 5.57. The number of anilines is 1. The van der Waals surface area contributed by atoms with Gasteiger partial charge in [-0.1, -0.05) is 31.5 Å². The van der Waals surface area contributed by atoms with E-state index >= 15 is 0 Å². The molecule has 0 saturated heterocycles. The Morgan fingerprint density at radius 2 is 2.10 bits per heavy atom. The Hall–Kier alpha value is -2.61. The fourth-order valence-electron chi connectivity index (χ4n) is 2.29. The number of unbranched alkanes of at least 4 members (excludes halogenated alkanes) is 1. The normalized spacial score (nSPS) is 15.8. The fourth-order valence-corrected chi connectivity index (χ4v) is 2.29. The van der Waals surface area contributed by atoms with Crippen molar-refractivity contribution in [1.29, 1.82) is 5.26 Å². The Kier molecular flexibility index (Phi) is 3.85. The van der Waals surface area contributed by atoms with Crippen molar-refractivity contribution in [1.82, 2.24) is 0 Å². The summed E-state index contributed by atoms with van der Waals surface area (Å²) in [5, 5.41) is 9.08. The lowest BCUT2D eigenvalue weighted by Gasteiger charge is -2.16. The predicted molar refractivity (Wildman–Crippen MR) is 75.4 cm³/mol. The smallest absolute Gasteiger partial charge is 0.260 e. The highest BCUT2D eigenvalue weighted by atomic mass is 16.2. The van der Waals surface area contributed by atoms with Crippen LogP contribution in [-0.2, 0) is 9.59 Å². The molecule has 0 spiro atoms. The second-order valence-electron chi connectivity index (χ2n) is 4.55. The summed E-state index contributed by atoms with van der Waals surface area (Å²) in [7, 11) is 0. The summed E-state index contributed by atoms with van der Waals surface area (Å²) >= 11 is 0. The minimum Gasteiger partial charge on any atom is -0.365 e. The van der Waals surface area contributed by atoms with E-state index in [9.17, 15) is 9.59 Å². The average molecular weight is 269 g/mol. The molecule has 5 heteroatoms. The van der Waals surface area contributed by atoms with Crippen LogP contribution in [0.15, 0.2) is 29.8 Å². The van der Waals surface area contributed by atoms with Gasteiger partial charge in [-0.2, -0.15) is 5.26 Å². The van der Waals surface area contributed by atoms with Crippen LogP contribution in [0.4, 0.5) is 5.69 Å². The van der Waals surface area contributed by atoms with Gasteiger partial charge in [-0.3, -0.25) is 9.59 Å². The number of amides is 2. The molecular formula is C15H15N3O2. The number of fused-ring (bicyclic) bond motifs is 1. The molecule has 0 atom stereocenters. The number of rotatable bonds is 4. The van der Waals surface area contributed by atoms with Crippen LogP contribution in [0.3, 0.4) is 0 Å². The summed E-state index contributed by atoms with van der Waals surface area (Å²) in [6, 6.07) is 8.88. The van der Waals surface area contributed by atoms with E-state index in [0.717, 1.165) is 18.5 Å². The van der Waals surface area contributed by atoms with Crippen molar-refractivity contribution in [3.63, 3.8) is 0 Å². The van der Waals surface area contributed by atoms with Gasteiger partial charge in [0.1, 0.15) is 11.6 Å². The number of nitrogens with two attached hydrogens (primary N) is 1. The summed E-state index contributed by atoms with van der Waals surface area (Å²) in [5.41, 5.74) is 6.38. The van der Waals surface area contributed by atoms with E-state index in [2.05, 4.69) is 0 Å². The molecule has 20 heavy (non-hydrogen) atoms. The topological polar surface area (TPSA) is 87.2 Å². The summed E-state index contributed by atoms with van der Waals surface area (Å²) in [6.45, 7) is 2.60. The van der Waals surface area contributed by atoms with Crippen molar-refractivity contribution in [3.05, 3.63) is 35.4 Å². The Bertz CT molecular complexity index is 641. The van der Waals surface area contributed by atoms with Crippen LogP contribution in [0.1, 0.15) is 25.3 Å². The first-order valence-electron chi connectivity index (χ1n) is 6.47. The standard InChI is InChI=1S/C15H15N3O2/c1-2-3-8-18-12-7-5-4-6-10(12)13(15(18)20)11(9-16)14(17)19/h4-7H,2-3,8H2,1H3,(H2,17,19). The van der Waals surface area contributed by atoms with E-state index in [1.54, 1.807) is 23.1 Å². The third-order valence-corrected chi connectivity index (χ3v) is 3.27. The Labute approximate surface area is 117 Å². The SMILES string of the molecule is CCCCN1C(=O)C(=C(C#N)C(N)=O)c2ccccc21. The van der Waals surface area contributed by atoms with Gasteiger partial charge in [0.15, 0.2) is 0 Å². The van der Waals surface area contributed by atoms with Crippen LogP contribution in [-0.4, -0.2) is 18.4 Å². The number of carbonyl (C=O) groups excluding carboxylic acids is 2. The molecule has 102 valence electrons. The number of benzene rings is 1. The van der Waals surface area contributed by atoms with Gasteiger partial charge in [0.05, 0.1) is 11.3 Å². The highest BCUT2D eigenvalue weighted by Gasteiger charge is 2.35. The third-order valence-electron chi connectivity index (χ3n) is 3.27. The highest BCUT2D eigenvalue weighted by molar-refractivity contribution is 6.36. The number of nitriles is 1. The molecule has 1 aromatic carbocycles. The van der Waals surface area contributed by atoms with Crippen LogP contribution in [0, 0.1) is 11.3 Å². The molecule has 2 N–H and O–H groups in total. The molecular weight excluding hydrogens is 254 g/mol. The van der Waals surface area contributed by atoms with Crippen LogP contribution in [0.25, 0.3) is 5.57 Å². The van der Waals surface area contributed by atoms with Crippen LogP contribution in [0.5, 0.6) is 0 Å². The molecule has 1 aromatic rings. The summed E-state index contributed by atoms with van der Waals surface area (Å²) in [4.78, 5) is 25.5. The van der Waals surface area contributed by atoms with Crippen molar-refractivity contribution < 1.29 is 9.59 Å². The maximum absolute atomic E-state index is 12.5. The van der Waals surface area contributed by atoms with E-state index < -0.39 is 5.91 Å². The maximum Gasteiger partial charge on any atom is 0.260 e. The van der Waals surface area contributed by atoms with E-state index in [-0.39, 0.29) is 17.1 Å². The van der Waals surface area contributed by atoms with Crippen LogP contribution >= 0.6 is 0 Å². The molecule has 1 heterocycles. The lowest BCUT2D eigenvalue weighted by atomic mass is 10.0. The first kappa shape index (κ1) is 13.8. The van der Waals surface area contributed by atoms with Gasteiger partial charge in [-0.25, -0.2) is 0 Å². The van der Waals surface area contributed by atoms with Crippen molar-refractivity contribution >= 4 is 23.1 Å². The number of nitrogens with zero attached hydrogens (tertiary/aromatic N) is 2. The zero-order valence-corrected chi connectivity index (χ0v) is 11.2. The Morgan fingerprint density at radius 3 is 2.70 bits per heavy atom. The Morgan fingerprint density at radius 1 is 1.40 bits per heavy atom. The van der Waals surface area contributed by atoms with Gasteiger partial charge >= 0.3 is 0 Å². The molecule has 5 nitrogen and oxygen atoms in total. The lowest BCUT2D eigenvalue weighted by Crippen LogP contribution is -2.28. The summed E-state index contributed by atoms with van der Waals surface area (Å²) < 4.78 is 0.